The number of halogens is 10. The van der Waals surface area contributed by atoms with Gasteiger partial charge in [-0.2, -0.15) is 26.3 Å². The Morgan fingerprint density at radius 1 is 0.388 bits per heavy atom. The number of hydrogen-bond acceptors (Lipinski definition) is 2. The third-order valence-corrected chi connectivity index (χ3v) is 7.98. The Kier molecular flexibility index (Phi) is 8.51. The van der Waals surface area contributed by atoms with Gasteiger partial charge in [0.15, 0.2) is 0 Å². The highest BCUT2D eigenvalue weighted by Crippen LogP contribution is 2.46. The third-order valence-electron chi connectivity index (χ3n) is 7.98. The van der Waals surface area contributed by atoms with Gasteiger partial charge in [0.05, 0.1) is 22.8 Å². The zero-order valence-electron chi connectivity index (χ0n) is 24.7. The average Bonchev–Trinajstić information content (AvgIpc) is 3.05. The zero-order valence-corrected chi connectivity index (χ0v) is 24.7. The van der Waals surface area contributed by atoms with Gasteiger partial charge in [-0.3, -0.25) is 9.97 Å². The maximum absolute atomic E-state index is 15.4. The standard InChI is InChI=1S/C37H20F10N2/c38-25-19-17-23(33(40)31(25)36(42,43)44)27-13-7-15-29(48-27)35(21-9-3-1-4-10-21,22-11-5-2-6-12-22)30-16-8-14-28(49-30)24-18-20-26(39)32(34(24)41)37(45,46)47/h1-20H. The molecule has 0 radical (unpaired) electrons. The fourth-order valence-corrected chi connectivity index (χ4v) is 5.87. The zero-order chi connectivity index (χ0) is 35.1. The molecule has 0 fully saturated rings. The summed E-state index contributed by atoms with van der Waals surface area (Å²) in [7, 11) is 0. The van der Waals surface area contributed by atoms with Crippen LogP contribution < -0.4 is 0 Å². The van der Waals surface area contributed by atoms with Gasteiger partial charge < -0.3 is 0 Å². The van der Waals surface area contributed by atoms with Crippen molar-refractivity contribution in [1.82, 2.24) is 9.97 Å². The molecular weight excluding hydrogens is 662 g/mol. The minimum Gasteiger partial charge on any atom is -0.251 e. The van der Waals surface area contributed by atoms with Crippen LogP contribution in [0, 0.1) is 23.3 Å². The molecule has 0 saturated heterocycles. The summed E-state index contributed by atoms with van der Waals surface area (Å²) < 4.78 is 141. The molecule has 0 unspecified atom stereocenters. The summed E-state index contributed by atoms with van der Waals surface area (Å²) in [5, 5.41) is 0. The van der Waals surface area contributed by atoms with E-state index >= 15 is 8.78 Å². The van der Waals surface area contributed by atoms with E-state index in [1.807, 2.05) is 0 Å². The van der Waals surface area contributed by atoms with Crippen molar-refractivity contribution in [3.63, 3.8) is 0 Å². The summed E-state index contributed by atoms with van der Waals surface area (Å²) >= 11 is 0. The van der Waals surface area contributed by atoms with Gasteiger partial charge in [0.1, 0.15) is 39.8 Å². The molecule has 0 atom stereocenters. The van der Waals surface area contributed by atoms with Crippen LogP contribution in [-0.2, 0) is 17.8 Å². The van der Waals surface area contributed by atoms with Gasteiger partial charge >= 0.3 is 12.4 Å². The van der Waals surface area contributed by atoms with Crippen LogP contribution in [-0.4, -0.2) is 9.97 Å². The molecule has 4 aromatic carbocycles. The lowest BCUT2D eigenvalue weighted by molar-refractivity contribution is -0.143. The first-order valence-electron chi connectivity index (χ1n) is 14.4. The Bertz CT molecular complexity index is 1990. The Morgan fingerprint density at radius 2 is 0.755 bits per heavy atom. The van der Waals surface area contributed by atoms with Gasteiger partial charge in [-0.05, 0) is 59.7 Å². The van der Waals surface area contributed by atoms with Crippen molar-refractivity contribution in [1.29, 1.82) is 0 Å². The van der Waals surface area contributed by atoms with E-state index in [9.17, 15) is 35.1 Å². The number of hydrogen-bond donors (Lipinski definition) is 0. The number of nitrogens with zero attached hydrogens (tertiary/aromatic N) is 2. The van der Waals surface area contributed by atoms with Crippen LogP contribution in [0.25, 0.3) is 22.5 Å². The second-order valence-electron chi connectivity index (χ2n) is 10.9. The highest BCUT2D eigenvalue weighted by Gasteiger charge is 2.43. The minimum absolute atomic E-state index is 0.0693. The van der Waals surface area contributed by atoms with Crippen LogP contribution in [0.15, 0.2) is 121 Å². The molecule has 0 aliphatic rings. The molecule has 248 valence electrons. The minimum atomic E-state index is -5.36. The van der Waals surface area contributed by atoms with E-state index in [0.29, 0.717) is 23.3 Å². The molecule has 2 heterocycles. The van der Waals surface area contributed by atoms with Crippen molar-refractivity contribution < 1.29 is 43.9 Å². The topological polar surface area (TPSA) is 25.8 Å². The predicted octanol–water partition coefficient (Wildman–Crippen LogP) is 10.8. The SMILES string of the molecule is Fc1ccc(-c2cccc(C(c3ccccc3)(c3ccccc3)c3cccc(-c4ccc(F)c(C(F)(F)F)c4F)n3)n2)c(F)c1C(F)(F)F. The smallest absolute Gasteiger partial charge is 0.251 e. The Balaban J connectivity index is 1.67. The molecule has 6 aromatic rings. The molecule has 0 aliphatic heterocycles. The van der Waals surface area contributed by atoms with E-state index in [4.69, 9.17) is 0 Å². The molecule has 6 rings (SSSR count). The van der Waals surface area contributed by atoms with E-state index in [2.05, 4.69) is 9.97 Å². The van der Waals surface area contributed by atoms with Crippen molar-refractivity contribution in [2.24, 2.45) is 0 Å². The van der Waals surface area contributed by atoms with Crippen molar-refractivity contribution in [3.05, 3.63) is 178 Å². The van der Waals surface area contributed by atoms with Gasteiger partial charge in [0, 0.05) is 11.1 Å². The first-order valence-corrected chi connectivity index (χ1v) is 14.4. The van der Waals surface area contributed by atoms with Crippen LogP contribution in [0.5, 0.6) is 0 Å². The molecule has 49 heavy (non-hydrogen) atoms. The van der Waals surface area contributed by atoms with Gasteiger partial charge in [0.2, 0.25) is 0 Å². The van der Waals surface area contributed by atoms with Gasteiger partial charge in [-0.15, -0.1) is 0 Å². The molecule has 12 heteroatoms. The maximum Gasteiger partial charge on any atom is 0.422 e. The van der Waals surface area contributed by atoms with Crippen molar-refractivity contribution >= 4 is 0 Å². The molecule has 0 N–H and O–H groups in total. The number of rotatable bonds is 6. The van der Waals surface area contributed by atoms with Gasteiger partial charge in [-0.25, -0.2) is 17.6 Å². The molecule has 0 bridgehead atoms. The molecule has 2 nitrogen and oxygen atoms in total. The van der Waals surface area contributed by atoms with Crippen molar-refractivity contribution in [2.75, 3.05) is 0 Å². The Hall–Kier alpha value is -5.52. The lowest BCUT2D eigenvalue weighted by Gasteiger charge is -2.35. The second kappa shape index (κ2) is 12.5. The maximum atomic E-state index is 15.4. The quantitative estimate of drug-likeness (QED) is 0.164. The van der Waals surface area contributed by atoms with Crippen molar-refractivity contribution in [3.8, 4) is 22.5 Å². The summed E-state index contributed by atoms with van der Waals surface area (Å²) in [4.78, 5) is 9.19. The number of pyridine rings is 2. The first kappa shape index (κ1) is 33.4. The highest BCUT2D eigenvalue weighted by molar-refractivity contribution is 5.66. The van der Waals surface area contributed by atoms with E-state index in [1.165, 1.54) is 36.4 Å². The van der Waals surface area contributed by atoms with E-state index < -0.39 is 63.3 Å². The summed E-state index contributed by atoms with van der Waals surface area (Å²) in [5.41, 5.74) is -6.64. The van der Waals surface area contributed by atoms with E-state index in [-0.39, 0.29) is 22.8 Å². The van der Waals surface area contributed by atoms with E-state index in [0.717, 1.165) is 12.1 Å². The lowest BCUT2D eigenvalue weighted by Crippen LogP contribution is -2.33. The largest absolute Gasteiger partial charge is 0.422 e. The summed E-state index contributed by atoms with van der Waals surface area (Å²) in [6, 6.07) is 27.6. The average molecular weight is 683 g/mol. The number of alkyl halides is 6. The van der Waals surface area contributed by atoms with Crippen LogP contribution in [0.1, 0.15) is 33.6 Å². The summed E-state index contributed by atoms with van der Waals surface area (Å²) in [6.45, 7) is 0. The van der Waals surface area contributed by atoms with Crippen LogP contribution in [0.4, 0.5) is 43.9 Å². The first-order chi connectivity index (χ1) is 23.2. The van der Waals surface area contributed by atoms with Crippen LogP contribution >= 0.6 is 0 Å². The lowest BCUT2D eigenvalue weighted by atomic mass is 9.69. The molecule has 0 spiro atoms. The molecule has 2 aromatic heterocycles. The number of aromatic nitrogens is 2. The fraction of sp³-hybridized carbons (Fsp3) is 0.0811. The third kappa shape index (κ3) is 5.92. The Morgan fingerprint density at radius 3 is 1.10 bits per heavy atom. The van der Waals surface area contributed by atoms with Crippen molar-refractivity contribution in [2.45, 2.75) is 17.8 Å². The van der Waals surface area contributed by atoms with Gasteiger partial charge in [-0.1, -0.05) is 72.8 Å². The molecule has 0 amide bonds. The van der Waals surface area contributed by atoms with Crippen LogP contribution in [0.2, 0.25) is 0 Å². The second-order valence-corrected chi connectivity index (χ2v) is 10.9. The molecule has 0 aliphatic carbocycles. The van der Waals surface area contributed by atoms with Gasteiger partial charge in [0.25, 0.3) is 0 Å². The highest BCUT2D eigenvalue weighted by atomic mass is 19.4. The molecule has 0 saturated carbocycles. The number of benzene rings is 4. The predicted molar refractivity (Wildman–Crippen MR) is 161 cm³/mol. The summed E-state index contributed by atoms with van der Waals surface area (Å²) in [5.74, 6) is -7.38. The normalized spacial score (nSPS) is 12.3. The Labute approximate surface area is 272 Å². The summed E-state index contributed by atoms with van der Waals surface area (Å²) in [6.07, 6.45) is -10.7. The monoisotopic (exact) mass is 682 g/mol. The molecular formula is C37H20F10N2. The van der Waals surface area contributed by atoms with Crippen LogP contribution in [0.3, 0.4) is 0 Å². The van der Waals surface area contributed by atoms with E-state index in [1.54, 1.807) is 60.7 Å². The fourth-order valence-electron chi connectivity index (χ4n) is 5.87.